The lowest BCUT2D eigenvalue weighted by Gasteiger charge is -2.05. The highest BCUT2D eigenvalue weighted by Crippen LogP contribution is 2.32. The summed E-state index contributed by atoms with van der Waals surface area (Å²) in [5, 5.41) is 8.65. The number of aryl methyl sites for hydroxylation is 1. The SMILES string of the molecule is Cc1cccc(Nc2nc(CC(=O)NCc3ccc4c(c3)OCO4)cs2)n1. The van der Waals surface area contributed by atoms with Gasteiger partial charge in [-0.25, -0.2) is 9.97 Å². The highest BCUT2D eigenvalue weighted by Gasteiger charge is 2.14. The number of fused-ring (bicyclic) bond motifs is 1. The Hall–Kier alpha value is -3.13. The van der Waals surface area contributed by atoms with Crippen LogP contribution < -0.4 is 20.1 Å². The van der Waals surface area contributed by atoms with Gasteiger partial charge in [0.25, 0.3) is 0 Å². The van der Waals surface area contributed by atoms with Crippen molar-refractivity contribution in [3.63, 3.8) is 0 Å². The summed E-state index contributed by atoms with van der Waals surface area (Å²) in [4.78, 5) is 21.0. The third kappa shape index (κ3) is 4.35. The van der Waals surface area contributed by atoms with Gasteiger partial charge < -0.3 is 20.1 Å². The molecule has 1 amide bonds. The van der Waals surface area contributed by atoms with E-state index in [9.17, 15) is 4.79 Å². The summed E-state index contributed by atoms with van der Waals surface area (Å²) in [6.07, 6.45) is 0.226. The summed E-state index contributed by atoms with van der Waals surface area (Å²) in [6, 6.07) is 11.4. The van der Waals surface area contributed by atoms with Crippen molar-refractivity contribution in [1.82, 2.24) is 15.3 Å². The minimum absolute atomic E-state index is 0.0850. The van der Waals surface area contributed by atoms with Gasteiger partial charge in [-0.05, 0) is 36.8 Å². The van der Waals surface area contributed by atoms with E-state index in [1.807, 2.05) is 48.7 Å². The number of amides is 1. The third-order valence-corrected chi connectivity index (χ3v) is 4.75. The van der Waals surface area contributed by atoms with Crippen molar-refractivity contribution in [3.8, 4) is 11.5 Å². The number of pyridine rings is 1. The molecule has 0 saturated carbocycles. The first-order valence-corrected chi connectivity index (χ1v) is 9.34. The largest absolute Gasteiger partial charge is 0.454 e. The van der Waals surface area contributed by atoms with Gasteiger partial charge in [0.1, 0.15) is 5.82 Å². The van der Waals surface area contributed by atoms with Gasteiger partial charge in [-0.3, -0.25) is 4.79 Å². The number of nitrogens with one attached hydrogen (secondary N) is 2. The van der Waals surface area contributed by atoms with Crippen LogP contribution in [0.15, 0.2) is 41.8 Å². The number of rotatable bonds is 6. The molecule has 0 atom stereocenters. The van der Waals surface area contributed by atoms with Crippen molar-refractivity contribution in [2.75, 3.05) is 12.1 Å². The molecule has 0 saturated heterocycles. The van der Waals surface area contributed by atoms with Crippen molar-refractivity contribution < 1.29 is 14.3 Å². The average molecular weight is 382 g/mol. The van der Waals surface area contributed by atoms with Crippen molar-refractivity contribution in [2.45, 2.75) is 19.9 Å². The summed E-state index contributed by atoms with van der Waals surface area (Å²) < 4.78 is 10.6. The molecule has 1 aliphatic rings. The number of carbonyl (C=O) groups excluding carboxylic acids is 1. The fourth-order valence-corrected chi connectivity index (χ4v) is 3.36. The second-order valence-electron chi connectivity index (χ2n) is 6.07. The number of benzene rings is 1. The normalized spacial score (nSPS) is 12.0. The Kier molecular flexibility index (Phi) is 4.88. The predicted molar refractivity (Wildman–Crippen MR) is 102 cm³/mol. The highest BCUT2D eigenvalue weighted by molar-refractivity contribution is 7.13. The Labute approximate surface area is 160 Å². The first-order valence-electron chi connectivity index (χ1n) is 8.46. The van der Waals surface area contributed by atoms with Crippen LogP contribution in [0.5, 0.6) is 11.5 Å². The molecule has 0 aliphatic carbocycles. The van der Waals surface area contributed by atoms with Gasteiger partial charge in [-0.15, -0.1) is 11.3 Å². The molecule has 2 N–H and O–H groups in total. The van der Waals surface area contributed by atoms with Gasteiger partial charge in [0.2, 0.25) is 12.7 Å². The predicted octanol–water partition coefficient (Wildman–Crippen LogP) is 3.18. The van der Waals surface area contributed by atoms with Crippen LogP contribution in [0.1, 0.15) is 17.0 Å². The number of hydrogen-bond donors (Lipinski definition) is 2. The maximum absolute atomic E-state index is 12.2. The van der Waals surface area contributed by atoms with E-state index < -0.39 is 0 Å². The summed E-state index contributed by atoms with van der Waals surface area (Å²) in [6.45, 7) is 2.60. The van der Waals surface area contributed by atoms with Gasteiger partial charge >= 0.3 is 0 Å². The lowest BCUT2D eigenvalue weighted by atomic mass is 10.2. The minimum atomic E-state index is -0.0850. The van der Waals surface area contributed by atoms with Crippen molar-refractivity contribution in [3.05, 3.63) is 58.7 Å². The molecule has 0 radical (unpaired) electrons. The molecule has 3 aromatic rings. The van der Waals surface area contributed by atoms with Crippen LogP contribution in [-0.2, 0) is 17.8 Å². The Bertz CT molecular complexity index is 973. The van der Waals surface area contributed by atoms with E-state index in [-0.39, 0.29) is 19.1 Å². The monoisotopic (exact) mass is 382 g/mol. The summed E-state index contributed by atoms with van der Waals surface area (Å²) in [5.74, 6) is 2.10. The van der Waals surface area contributed by atoms with Crippen LogP contribution in [0.25, 0.3) is 0 Å². The third-order valence-electron chi connectivity index (χ3n) is 3.94. The molecule has 138 valence electrons. The average Bonchev–Trinajstić information content (AvgIpc) is 3.29. The smallest absolute Gasteiger partial charge is 0.231 e. The van der Waals surface area contributed by atoms with Gasteiger partial charge in [-0.1, -0.05) is 12.1 Å². The zero-order valence-corrected chi connectivity index (χ0v) is 15.5. The second kappa shape index (κ2) is 7.63. The number of nitrogens with zero attached hydrogens (tertiary/aromatic N) is 2. The van der Waals surface area contributed by atoms with Crippen molar-refractivity contribution in [2.24, 2.45) is 0 Å². The van der Waals surface area contributed by atoms with Crippen LogP contribution in [0.3, 0.4) is 0 Å². The molecule has 8 heteroatoms. The Balaban J connectivity index is 1.30. The Morgan fingerprint density at radius 1 is 1.19 bits per heavy atom. The van der Waals surface area contributed by atoms with Crippen LogP contribution in [0.2, 0.25) is 0 Å². The number of ether oxygens (including phenoxy) is 2. The first-order chi connectivity index (χ1) is 13.2. The zero-order valence-electron chi connectivity index (χ0n) is 14.7. The molecular weight excluding hydrogens is 364 g/mol. The molecule has 0 unspecified atom stereocenters. The molecule has 4 rings (SSSR count). The van der Waals surface area contributed by atoms with E-state index in [0.29, 0.717) is 17.4 Å². The number of anilines is 2. The minimum Gasteiger partial charge on any atom is -0.454 e. The fourth-order valence-electron chi connectivity index (χ4n) is 2.65. The van der Waals surface area contributed by atoms with Crippen LogP contribution in [-0.4, -0.2) is 22.7 Å². The summed E-state index contributed by atoms with van der Waals surface area (Å²) in [5.41, 5.74) is 2.61. The molecule has 0 fully saturated rings. The first kappa shape index (κ1) is 17.3. The molecule has 7 nitrogen and oxygen atoms in total. The summed E-state index contributed by atoms with van der Waals surface area (Å²) >= 11 is 1.45. The standard InChI is InChI=1S/C19H18N4O3S/c1-12-3-2-4-17(21-12)23-19-22-14(10-27-19)8-18(24)20-9-13-5-6-15-16(7-13)26-11-25-15/h2-7,10H,8-9,11H2,1H3,(H,20,24)(H,21,22,23). The van der Waals surface area contributed by atoms with Crippen LogP contribution in [0.4, 0.5) is 10.9 Å². The maximum atomic E-state index is 12.2. The molecular formula is C19H18N4O3S. The zero-order chi connectivity index (χ0) is 18.6. The van der Waals surface area contributed by atoms with E-state index in [2.05, 4.69) is 20.6 Å². The fraction of sp³-hybridized carbons (Fsp3) is 0.211. The number of thiazole rings is 1. The second-order valence-corrected chi connectivity index (χ2v) is 6.93. The van der Waals surface area contributed by atoms with E-state index in [1.165, 1.54) is 11.3 Å². The van der Waals surface area contributed by atoms with E-state index in [4.69, 9.17) is 9.47 Å². The van der Waals surface area contributed by atoms with Gasteiger partial charge in [-0.2, -0.15) is 0 Å². The Morgan fingerprint density at radius 2 is 2.07 bits per heavy atom. The topological polar surface area (TPSA) is 85.4 Å². The van der Waals surface area contributed by atoms with E-state index in [0.717, 1.165) is 28.5 Å². The quantitative estimate of drug-likeness (QED) is 0.681. The van der Waals surface area contributed by atoms with Crippen molar-refractivity contribution >= 4 is 28.2 Å². The molecule has 0 spiro atoms. The number of hydrogen-bond acceptors (Lipinski definition) is 7. The molecule has 3 heterocycles. The van der Waals surface area contributed by atoms with Crippen molar-refractivity contribution in [1.29, 1.82) is 0 Å². The summed E-state index contributed by atoms with van der Waals surface area (Å²) in [7, 11) is 0. The van der Waals surface area contributed by atoms with Gasteiger partial charge in [0.15, 0.2) is 16.6 Å². The lowest BCUT2D eigenvalue weighted by molar-refractivity contribution is -0.120. The van der Waals surface area contributed by atoms with Gasteiger partial charge in [0.05, 0.1) is 12.1 Å². The number of carbonyl (C=O) groups is 1. The van der Waals surface area contributed by atoms with E-state index in [1.54, 1.807) is 0 Å². The molecule has 0 bridgehead atoms. The van der Waals surface area contributed by atoms with Gasteiger partial charge in [0, 0.05) is 17.6 Å². The van der Waals surface area contributed by atoms with Crippen LogP contribution in [0, 0.1) is 6.92 Å². The Morgan fingerprint density at radius 3 is 2.96 bits per heavy atom. The maximum Gasteiger partial charge on any atom is 0.231 e. The molecule has 27 heavy (non-hydrogen) atoms. The number of aromatic nitrogens is 2. The lowest BCUT2D eigenvalue weighted by Crippen LogP contribution is -2.24. The highest BCUT2D eigenvalue weighted by atomic mass is 32.1. The molecule has 1 aliphatic heterocycles. The van der Waals surface area contributed by atoms with Crippen LogP contribution >= 0.6 is 11.3 Å². The molecule has 2 aromatic heterocycles. The van der Waals surface area contributed by atoms with E-state index >= 15 is 0 Å². The molecule has 1 aromatic carbocycles.